The normalized spacial score (nSPS) is 11.1. The van der Waals surface area contributed by atoms with Gasteiger partial charge in [0.15, 0.2) is 0 Å². The quantitative estimate of drug-likeness (QED) is 0.790. The Morgan fingerprint density at radius 3 is 2.67 bits per heavy atom. The van der Waals surface area contributed by atoms with Gasteiger partial charge in [-0.15, -0.1) is 0 Å². The van der Waals surface area contributed by atoms with Crippen molar-refractivity contribution >= 4 is 11.7 Å². The average molecular weight is 251 g/mol. The number of rotatable bonds is 6. The molecule has 0 radical (unpaired) electrons. The van der Waals surface area contributed by atoms with Crippen LogP contribution in [0.4, 0.5) is 5.69 Å². The predicted molar refractivity (Wildman–Crippen MR) is 72.0 cm³/mol. The molecule has 1 rings (SSSR count). The van der Waals surface area contributed by atoms with Gasteiger partial charge in [-0.2, -0.15) is 0 Å². The molecule has 0 fully saturated rings. The maximum Gasteiger partial charge on any atom is 0.337 e. The van der Waals surface area contributed by atoms with Crippen LogP contribution >= 0.6 is 0 Å². The van der Waals surface area contributed by atoms with Gasteiger partial charge in [0.2, 0.25) is 0 Å². The van der Waals surface area contributed by atoms with E-state index in [4.69, 9.17) is 4.74 Å². The Hall–Kier alpha value is -1.55. The van der Waals surface area contributed by atoms with Crippen LogP contribution in [-0.2, 0) is 9.47 Å². The zero-order valence-corrected chi connectivity index (χ0v) is 11.4. The van der Waals surface area contributed by atoms with E-state index in [1.807, 2.05) is 26.0 Å². The van der Waals surface area contributed by atoms with E-state index in [2.05, 4.69) is 10.1 Å². The molecule has 1 aromatic carbocycles. The molecule has 0 atom stereocenters. The summed E-state index contributed by atoms with van der Waals surface area (Å²) in [5.41, 5.74) is 1.31. The molecular formula is C14H21NO3. The lowest BCUT2D eigenvalue weighted by Gasteiger charge is -2.23. The molecule has 0 aromatic heterocycles. The Balaban J connectivity index is 2.55. The van der Waals surface area contributed by atoms with Crippen LogP contribution in [0, 0.1) is 0 Å². The molecule has 0 aliphatic rings. The minimum atomic E-state index is -0.323. The van der Waals surface area contributed by atoms with E-state index < -0.39 is 0 Å². The largest absolute Gasteiger partial charge is 0.465 e. The summed E-state index contributed by atoms with van der Waals surface area (Å²) in [6.45, 7) is 4.87. The van der Waals surface area contributed by atoms with Crippen molar-refractivity contribution in [2.45, 2.75) is 25.9 Å². The highest BCUT2D eigenvalue weighted by atomic mass is 16.5. The summed E-state index contributed by atoms with van der Waals surface area (Å²) in [5, 5.41) is 3.27. The fourth-order valence-corrected chi connectivity index (χ4v) is 1.48. The zero-order valence-electron chi connectivity index (χ0n) is 11.4. The van der Waals surface area contributed by atoms with Crippen LogP contribution in [0.2, 0.25) is 0 Å². The van der Waals surface area contributed by atoms with Crippen molar-refractivity contribution < 1.29 is 14.3 Å². The molecule has 0 saturated carbocycles. The van der Waals surface area contributed by atoms with Crippen molar-refractivity contribution in [1.82, 2.24) is 0 Å². The van der Waals surface area contributed by atoms with Crippen LogP contribution in [-0.4, -0.2) is 32.3 Å². The van der Waals surface area contributed by atoms with E-state index in [9.17, 15) is 4.79 Å². The molecule has 1 aromatic rings. The van der Waals surface area contributed by atoms with Crippen molar-refractivity contribution in [1.29, 1.82) is 0 Å². The first-order valence-electron chi connectivity index (χ1n) is 5.96. The Labute approximate surface area is 108 Å². The second kappa shape index (κ2) is 6.40. The van der Waals surface area contributed by atoms with Crippen LogP contribution in [0.15, 0.2) is 24.3 Å². The fourth-order valence-electron chi connectivity index (χ4n) is 1.48. The molecule has 0 aliphatic heterocycles. The molecule has 4 heteroatoms. The third-order valence-corrected chi connectivity index (χ3v) is 2.89. The lowest BCUT2D eigenvalue weighted by molar-refractivity contribution is 0.0185. The van der Waals surface area contributed by atoms with Crippen LogP contribution in [0.5, 0.6) is 0 Å². The zero-order chi connectivity index (χ0) is 13.6. The van der Waals surface area contributed by atoms with Crippen LogP contribution in [0.3, 0.4) is 0 Å². The van der Waals surface area contributed by atoms with Gasteiger partial charge in [0.05, 0.1) is 18.3 Å². The van der Waals surface area contributed by atoms with Gasteiger partial charge < -0.3 is 14.8 Å². The lowest BCUT2D eigenvalue weighted by Crippen LogP contribution is -2.25. The molecule has 100 valence electrons. The number of carbonyl (C=O) groups excluding carboxylic acids is 1. The second-order valence-electron chi connectivity index (χ2n) is 4.71. The number of carbonyl (C=O) groups is 1. The Bertz CT molecular complexity index is 402. The summed E-state index contributed by atoms with van der Waals surface area (Å²) in [7, 11) is 3.08. The molecule has 0 saturated heterocycles. The number of nitrogens with one attached hydrogen (secondary N) is 1. The van der Waals surface area contributed by atoms with Gasteiger partial charge in [0.1, 0.15) is 0 Å². The summed E-state index contributed by atoms with van der Waals surface area (Å²) < 4.78 is 10.0. The number of methoxy groups -OCH3 is 2. The van der Waals surface area contributed by atoms with Crippen molar-refractivity contribution in [2.24, 2.45) is 0 Å². The highest BCUT2D eigenvalue weighted by molar-refractivity contribution is 5.90. The van der Waals surface area contributed by atoms with Gasteiger partial charge in [0, 0.05) is 19.3 Å². The maximum absolute atomic E-state index is 11.4. The first kappa shape index (κ1) is 14.5. The number of anilines is 1. The van der Waals surface area contributed by atoms with E-state index in [1.165, 1.54) is 7.11 Å². The van der Waals surface area contributed by atoms with Crippen molar-refractivity contribution in [3.05, 3.63) is 29.8 Å². The summed E-state index contributed by atoms with van der Waals surface area (Å²) in [6.07, 6.45) is 0.881. The number of hydrogen-bond donors (Lipinski definition) is 1. The topological polar surface area (TPSA) is 47.6 Å². The molecular weight excluding hydrogens is 230 g/mol. The van der Waals surface area contributed by atoms with Gasteiger partial charge in [-0.05, 0) is 38.5 Å². The Kier molecular flexibility index (Phi) is 5.16. The minimum absolute atomic E-state index is 0.146. The Morgan fingerprint density at radius 1 is 1.33 bits per heavy atom. The monoisotopic (exact) mass is 251 g/mol. The van der Waals surface area contributed by atoms with Crippen LogP contribution in [0.1, 0.15) is 30.6 Å². The van der Waals surface area contributed by atoms with Crippen LogP contribution in [0.25, 0.3) is 0 Å². The summed E-state index contributed by atoms with van der Waals surface area (Å²) >= 11 is 0. The Morgan fingerprint density at radius 2 is 2.06 bits per heavy atom. The first-order valence-corrected chi connectivity index (χ1v) is 5.96. The van der Waals surface area contributed by atoms with Crippen LogP contribution < -0.4 is 5.32 Å². The molecule has 0 spiro atoms. The highest BCUT2D eigenvalue weighted by Crippen LogP contribution is 2.15. The molecule has 18 heavy (non-hydrogen) atoms. The fraction of sp³-hybridized carbons (Fsp3) is 0.500. The second-order valence-corrected chi connectivity index (χ2v) is 4.71. The first-order chi connectivity index (χ1) is 8.48. The summed E-state index contributed by atoms with van der Waals surface area (Å²) in [6, 6.07) is 7.27. The molecule has 0 heterocycles. The van der Waals surface area contributed by atoms with E-state index in [0.29, 0.717) is 5.56 Å². The third-order valence-electron chi connectivity index (χ3n) is 2.89. The smallest absolute Gasteiger partial charge is 0.337 e. The van der Waals surface area contributed by atoms with Gasteiger partial charge >= 0.3 is 5.97 Å². The molecule has 0 amide bonds. The SMILES string of the molecule is COC(=O)c1cccc(NCCC(C)(C)OC)c1. The molecule has 4 nitrogen and oxygen atoms in total. The standard InChI is InChI=1S/C14H21NO3/c1-14(2,18-4)8-9-15-12-7-5-6-11(10-12)13(16)17-3/h5-7,10,15H,8-9H2,1-4H3. The third kappa shape index (κ3) is 4.37. The average Bonchev–Trinajstić information content (AvgIpc) is 2.38. The molecule has 1 N–H and O–H groups in total. The van der Waals surface area contributed by atoms with E-state index in [-0.39, 0.29) is 11.6 Å². The predicted octanol–water partition coefficient (Wildman–Crippen LogP) is 2.70. The molecule has 0 bridgehead atoms. The lowest BCUT2D eigenvalue weighted by atomic mass is 10.1. The minimum Gasteiger partial charge on any atom is -0.465 e. The number of ether oxygens (including phenoxy) is 2. The number of esters is 1. The van der Waals surface area contributed by atoms with Crippen molar-refractivity contribution in [2.75, 3.05) is 26.1 Å². The molecule has 0 aliphatic carbocycles. The van der Waals surface area contributed by atoms with E-state index >= 15 is 0 Å². The number of hydrogen-bond acceptors (Lipinski definition) is 4. The van der Waals surface area contributed by atoms with Gasteiger partial charge in [-0.25, -0.2) is 4.79 Å². The van der Waals surface area contributed by atoms with E-state index in [1.54, 1.807) is 19.2 Å². The highest BCUT2D eigenvalue weighted by Gasteiger charge is 2.15. The van der Waals surface area contributed by atoms with Crippen molar-refractivity contribution in [3.63, 3.8) is 0 Å². The number of benzene rings is 1. The van der Waals surface area contributed by atoms with Crippen molar-refractivity contribution in [3.8, 4) is 0 Å². The van der Waals surface area contributed by atoms with Gasteiger partial charge in [-0.1, -0.05) is 6.07 Å². The summed E-state index contributed by atoms with van der Waals surface area (Å²) in [4.78, 5) is 11.4. The maximum atomic E-state index is 11.4. The molecule has 0 unspecified atom stereocenters. The van der Waals surface area contributed by atoms with E-state index in [0.717, 1.165) is 18.7 Å². The van der Waals surface area contributed by atoms with Gasteiger partial charge in [-0.3, -0.25) is 0 Å². The van der Waals surface area contributed by atoms with Gasteiger partial charge in [0.25, 0.3) is 0 Å². The summed E-state index contributed by atoms with van der Waals surface area (Å²) in [5.74, 6) is -0.323.